The molecule has 1 saturated heterocycles. The number of H-pyrrole nitrogens is 1. The Balaban J connectivity index is 1.52. The van der Waals surface area contributed by atoms with Crippen molar-refractivity contribution >= 4 is 6.09 Å². The molecule has 0 spiro atoms. The molecule has 4 rings (SSSR count). The summed E-state index contributed by atoms with van der Waals surface area (Å²) in [6, 6.07) is 19.8. The highest BCUT2D eigenvalue weighted by Gasteiger charge is 2.31. The molecule has 3 aromatic rings. The van der Waals surface area contributed by atoms with Crippen molar-refractivity contribution in [2.24, 2.45) is 0 Å². The van der Waals surface area contributed by atoms with Gasteiger partial charge in [-0.05, 0) is 31.7 Å². The highest BCUT2D eigenvalue weighted by molar-refractivity contribution is 5.68. The number of aromatic nitrogens is 2. The van der Waals surface area contributed by atoms with Crippen LogP contribution in [0.3, 0.4) is 0 Å². The molecule has 1 atom stereocenters. The Morgan fingerprint density at radius 3 is 2.57 bits per heavy atom. The number of carbonyl (C=O) groups is 1. The lowest BCUT2D eigenvalue weighted by Gasteiger charge is -2.33. The predicted molar refractivity (Wildman–Crippen MR) is 109 cm³/mol. The van der Waals surface area contributed by atoms with E-state index in [1.165, 1.54) is 0 Å². The lowest BCUT2D eigenvalue weighted by molar-refractivity contribution is 0.0660. The summed E-state index contributed by atoms with van der Waals surface area (Å²) in [4.78, 5) is 22.9. The van der Waals surface area contributed by atoms with Crippen molar-refractivity contribution in [3.8, 4) is 11.3 Å². The van der Waals surface area contributed by atoms with Gasteiger partial charge in [0.2, 0.25) is 0 Å². The Hall–Kier alpha value is -3.08. The second-order valence-corrected chi connectivity index (χ2v) is 7.21. The molecule has 0 bridgehead atoms. The largest absolute Gasteiger partial charge is 0.445 e. The van der Waals surface area contributed by atoms with Gasteiger partial charge in [0.15, 0.2) is 0 Å². The Bertz CT molecular complexity index is 922. The van der Waals surface area contributed by atoms with E-state index in [0.717, 1.165) is 47.6 Å². The van der Waals surface area contributed by atoms with Gasteiger partial charge in [-0.15, -0.1) is 0 Å². The van der Waals surface area contributed by atoms with Gasteiger partial charge in [-0.25, -0.2) is 9.78 Å². The molecular formula is C23H25N3O2. The number of piperidine rings is 1. The second-order valence-electron chi connectivity index (χ2n) is 7.21. The first kappa shape index (κ1) is 18.3. The number of imidazole rings is 1. The van der Waals surface area contributed by atoms with Gasteiger partial charge in [-0.3, -0.25) is 4.90 Å². The van der Waals surface area contributed by atoms with Gasteiger partial charge >= 0.3 is 6.09 Å². The number of carbonyl (C=O) groups excluding carboxylic acids is 1. The molecule has 5 nitrogen and oxygen atoms in total. The van der Waals surface area contributed by atoms with Gasteiger partial charge < -0.3 is 9.72 Å². The average molecular weight is 375 g/mol. The summed E-state index contributed by atoms with van der Waals surface area (Å²) >= 11 is 0. The van der Waals surface area contributed by atoms with E-state index in [1.54, 1.807) is 0 Å². The molecule has 1 aromatic heterocycles. The molecule has 1 fully saturated rings. The van der Waals surface area contributed by atoms with Crippen LogP contribution < -0.4 is 0 Å². The number of aromatic amines is 1. The zero-order valence-electron chi connectivity index (χ0n) is 16.1. The molecule has 1 aliphatic rings. The molecule has 1 amide bonds. The monoisotopic (exact) mass is 375 g/mol. The van der Waals surface area contributed by atoms with E-state index < -0.39 is 0 Å². The molecule has 2 aromatic carbocycles. The number of hydrogen-bond acceptors (Lipinski definition) is 3. The Labute approximate surface area is 165 Å². The van der Waals surface area contributed by atoms with E-state index in [1.807, 2.05) is 60.4 Å². The van der Waals surface area contributed by atoms with E-state index >= 15 is 0 Å². The fraction of sp³-hybridized carbons (Fsp3) is 0.304. The maximum Gasteiger partial charge on any atom is 0.410 e. The third-order valence-corrected chi connectivity index (χ3v) is 5.21. The number of amides is 1. The third kappa shape index (κ3) is 3.93. The van der Waals surface area contributed by atoms with Gasteiger partial charge in [0.05, 0.1) is 11.7 Å². The summed E-state index contributed by atoms with van der Waals surface area (Å²) in [5.41, 5.74) is 4.03. The number of benzene rings is 2. The molecule has 1 N–H and O–H groups in total. The Kier molecular flexibility index (Phi) is 5.42. The van der Waals surface area contributed by atoms with Gasteiger partial charge in [0, 0.05) is 17.8 Å². The minimum Gasteiger partial charge on any atom is -0.445 e. The van der Waals surface area contributed by atoms with Crippen LogP contribution in [0.15, 0.2) is 60.7 Å². The van der Waals surface area contributed by atoms with Gasteiger partial charge in [-0.1, -0.05) is 60.7 Å². The first-order valence-electron chi connectivity index (χ1n) is 9.81. The molecular weight excluding hydrogens is 350 g/mol. The summed E-state index contributed by atoms with van der Waals surface area (Å²) in [6.45, 7) is 3.01. The number of aryl methyl sites for hydroxylation is 1. The second kappa shape index (κ2) is 8.30. The van der Waals surface area contributed by atoms with E-state index in [2.05, 4.69) is 17.1 Å². The molecule has 28 heavy (non-hydrogen) atoms. The SMILES string of the molecule is Cc1[nH]c([C@@H]2CCCCN2C(=O)OCc2ccccc2)nc1-c1ccccc1. The third-order valence-electron chi connectivity index (χ3n) is 5.21. The van der Waals surface area contributed by atoms with E-state index in [9.17, 15) is 4.79 Å². The first-order chi connectivity index (χ1) is 13.7. The number of ether oxygens (including phenoxy) is 1. The van der Waals surface area contributed by atoms with Gasteiger partial charge in [0.1, 0.15) is 12.4 Å². The zero-order valence-corrected chi connectivity index (χ0v) is 16.1. The minimum atomic E-state index is -0.274. The lowest BCUT2D eigenvalue weighted by Crippen LogP contribution is -2.39. The summed E-state index contributed by atoms with van der Waals surface area (Å²) in [7, 11) is 0. The number of nitrogens with one attached hydrogen (secondary N) is 1. The van der Waals surface area contributed by atoms with Crippen molar-refractivity contribution in [2.45, 2.75) is 38.8 Å². The Morgan fingerprint density at radius 1 is 1.11 bits per heavy atom. The van der Waals surface area contributed by atoms with E-state index in [4.69, 9.17) is 9.72 Å². The number of rotatable bonds is 4. The lowest BCUT2D eigenvalue weighted by atomic mass is 10.0. The normalized spacial score (nSPS) is 16.8. The molecule has 0 unspecified atom stereocenters. The maximum atomic E-state index is 12.8. The molecule has 0 saturated carbocycles. The zero-order chi connectivity index (χ0) is 19.3. The standard InChI is InChI=1S/C23H25N3O2/c1-17-21(19-12-6-3-7-13-19)25-22(24-17)20-14-8-9-15-26(20)23(27)28-16-18-10-4-2-5-11-18/h2-7,10-13,20H,8-9,14-16H2,1H3,(H,24,25)/t20-/m0/s1. The summed E-state index contributed by atoms with van der Waals surface area (Å²) < 4.78 is 5.59. The van der Waals surface area contributed by atoms with Crippen molar-refractivity contribution < 1.29 is 9.53 Å². The predicted octanol–water partition coefficient (Wildman–Crippen LogP) is 5.25. The quantitative estimate of drug-likeness (QED) is 0.678. The van der Waals surface area contributed by atoms with E-state index in [-0.39, 0.29) is 18.7 Å². The maximum absolute atomic E-state index is 12.8. The van der Waals surface area contributed by atoms with Crippen LogP contribution in [0.2, 0.25) is 0 Å². The highest BCUT2D eigenvalue weighted by Crippen LogP contribution is 2.32. The van der Waals surface area contributed by atoms with Crippen molar-refractivity contribution in [1.29, 1.82) is 0 Å². The number of likely N-dealkylation sites (tertiary alicyclic amines) is 1. The highest BCUT2D eigenvalue weighted by atomic mass is 16.6. The first-order valence-corrected chi connectivity index (χ1v) is 9.81. The molecule has 1 aliphatic heterocycles. The van der Waals surface area contributed by atoms with Gasteiger partial charge in [-0.2, -0.15) is 0 Å². The minimum absolute atomic E-state index is 0.0758. The van der Waals surface area contributed by atoms with Crippen LogP contribution in [0, 0.1) is 6.92 Å². The van der Waals surface area contributed by atoms with Crippen LogP contribution in [0.4, 0.5) is 4.79 Å². The van der Waals surface area contributed by atoms with Crippen molar-refractivity contribution in [2.75, 3.05) is 6.54 Å². The van der Waals surface area contributed by atoms with E-state index in [0.29, 0.717) is 6.54 Å². The van der Waals surface area contributed by atoms with Crippen LogP contribution in [0.5, 0.6) is 0 Å². The van der Waals surface area contributed by atoms with Crippen LogP contribution in [0.25, 0.3) is 11.3 Å². The van der Waals surface area contributed by atoms with Crippen LogP contribution in [-0.2, 0) is 11.3 Å². The topological polar surface area (TPSA) is 58.2 Å². The molecule has 2 heterocycles. The number of hydrogen-bond donors (Lipinski definition) is 1. The molecule has 144 valence electrons. The summed E-state index contributed by atoms with van der Waals surface area (Å²) in [5.74, 6) is 0.840. The van der Waals surface area contributed by atoms with Crippen LogP contribution in [-0.4, -0.2) is 27.5 Å². The van der Waals surface area contributed by atoms with Crippen LogP contribution in [0.1, 0.15) is 42.4 Å². The summed E-state index contributed by atoms with van der Waals surface area (Å²) in [5, 5.41) is 0. The van der Waals surface area contributed by atoms with Gasteiger partial charge in [0.25, 0.3) is 0 Å². The van der Waals surface area contributed by atoms with Crippen LogP contribution >= 0.6 is 0 Å². The average Bonchev–Trinajstić information content (AvgIpc) is 3.15. The van der Waals surface area contributed by atoms with Crippen molar-refractivity contribution in [3.63, 3.8) is 0 Å². The fourth-order valence-electron chi connectivity index (χ4n) is 3.76. The summed E-state index contributed by atoms with van der Waals surface area (Å²) in [6.07, 6.45) is 2.68. The molecule has 0 radical (unpaired) electrons. The van der Waals surface area contributed by atoms with Crippen molar-refractivity contribution in [1.82, 2.24) is 14.9 Å². The molecule has 0 aliphatic carbocycles. The van der Waals surface area contributed by atoms with Crippen molar-refractivity contribution in [3.05, 3.63) is 77.7 Å². The molecule has 5 heteroatoms. The number of nitrogens with zero attached hydrogens (tertiary/aromatic N) is 2. The Morgan fingerprint density at radius 2 is 1.82 bits per heavy atom. The smallest absolute Gasteiger partial charge is 0.410 e. The fourth-order valence-corrected chi connectivity index (χ4v) is 3.76.